The van der Waals surface area contributed by atoms with Crippen LogP contribution in [0.2, 0.25) is 0 Å². The minimum absolute atomic E-state index is 0.366. The molecule has 0 atom stereocenters. The summed E-state index contributed by atoms with van der Waals surface area (Å²) in [5, 5.41) is 9.51. The van der Waals surface area contributed by atoms with Crippen LogP contribution >= 0.6 is 22.6 Å². The lowest BCUT2D eigenvalue weighted by Gasteiger charge is -2.21. The van der Waals surface area contributed by atoms with Crippen LogP contribution in [0.5, 0.6) is 5.75 Å². The van der Waals surface area contributed by atoms with E-state index in [1.54, 1.807) is 0 Å². The van der Waals surface area contributed by atoms with Gasteiger partial charge in [0.05, 0.1) is 3.57 Å². The molecule has 0 unspecified atom stereocenters. The Morgan fingerprint density at radius 3 is 2.38 bits per heavy atom. The monoisotopic (exact) mass is 291 g/mol. The topological polar surface area (TPSA) is 23.5 Å². The summed E-state index contributed by atoms with van der Waals surface area (Å²) in [6.45, 7) is 6.16. The molecule has 0 aromatic heterocycles. The number of rotatable bonds is 3. The molecule has 1 rings (SSSR count). The second kappa shape index (κ2) is 4.69. The molecule has 0 saturated heterocycles. The third-order valence-corrected chi connectivity index (χ3v) is 2.97. The normalized spacial score (nSPS) is 10.1. The van der Waals surface area contributed by atoms with Gasteiger partial charge >= 0.3 is 0 Å². The van der Waals surface area contributed by atoms with Gasteiger partial charge in [-0.3, -0.25) is 0 Å². The van der Waals surface area contributed by atoms with Crippen molar-refractivity contribution in [2.45, 2.75) is 13.8 Å². The van der Waals surface area contributed by atoms with E-state index in [-0.39, 0.29) is 0 Å². The van der Waals surface area contributed by atoms with Gasteiger partial charge in [0, 0.05) is 24.8 Å². The van der Waals surface area contributed by atoms with Gasteiger partial charge in [0.25, 0.3) is 0 Å². The molecule has 0 aliphatic heterocycles. The Morgan fingerprint density at radius 1 is 1.31 bits per heavy atom. The van der Waals surface area contributed by atoms with Crippen LogP contribution in [0.4, 0.5) is 5.69 Å². The summed E-state index contributed by atoms with van der Waals surface area (Å²) in [6.07, 6.45) is 0. The standard InChI is InChI=1S/C10H14INO/c1-3-12(4-2)8-5-6-9(11)10(13)7-8/h5-7,13H,3-4H2,1-2H3. The van der Waals surface area contributed by atoms with Crippen molar-refractivity contribution in [2.24, 2.45) is 0 Å². The molecule has 0 amide bonds. The van der Waals surface area contributed by atoms with Gasteiger partial charge in [-0.15, -0.1) is 0 Å². The number of phenols is 1. The zero-order chi connectivity index (χ0) is 9.84. The molecule has 13 heavy (non-hydrogen) atoms. The molecule has 0 spiro atoms. The summed E-state index contributed by atoms with van der Waals surface area (Å²) in [4.78, 5) is 2.20. The molecule has 0 aliphatic rings. The van der Waals surface area contributed by atoms with Crippen molar-refractivity contribution in [3.63, 3.8) is 0 Å². The highest BCUT2D eigenvalue weighted by Crippen LogP contribution is 2.25. The molecule has 0 radical (unpaired) electrons. The van der Waals surface area contributed by atoms with Crippen LogP contribution in [0.3, 0.4) is 0 Å². The van der Waals surface area contributed by atoms with Gasteiger partial charge in [-0.1, -0.05) is 0 Å². The average Bonchev–Trinajstić information content (AvgIpc) is 2.13. The number of nitrogens with zero attached hydrogens (tertiary/aromatic N) is 1. The van der Waals surface area contributed by atoms with E-state index in [4.69, 9.17) is 0 Å². The van der Waals surface area contributed by atoms with Crippen molar-refractivity contribution < 1.29 is 5.11 Å². The highest BCUT2D eigenvalue weighted by Gasteiger charge is 2.04. The summed E-state index contributed by atoms with van der Waals surface area (Å²) in [5.41, 5.74) is 1.09. The van der Waals surface area contributed by atoms with E-state index in [0.29, 0.717) is 5.75 Å². The fourth-order valence-corrected chi connectivity index (χ4v) is 1.62. The first kappa shape index (κ1) is 10.6. The van der Waals surface area contributed by atoms with E-state index in [1.165, 1.54) is 0 Å². The molecule has 1 aromatic rings. The predicted molar refractivity (Wildman–Crippen MR) is 64.4 cm³/mol. The van der Waals surface area contributed by atoms with Crippen molar-refractivity contribution in [1.82, 2.24) is 0 Å². The van der Waals surface area contributed by atoms with Gasteiger partial charge in [-0.2, -0.15) is 0 Å². The van der Waals surface area contributed by atoms with Gasteiger partial charge in [0.15, 0.2) is 0 Å². The molecule has 0 saturated carbocycles. The van der Waals surface area contributed by atoms with Crippen LogP contribution in [-0.2, 0) is 0 Å². The molecular weight excluding hydrogens is 277 g/mol. The minimum Gasteiger partial charge on any atom is -0.507 e. The van der Waals surface area contributed by atoms with Crippen LogP contribution in [0, 0.1) is 3.57 Å². The molecule has 0 heterocycles. The van der Waals surface area contributed by atoms with Crippen LogP contribution in [0.25, 0.3) is 0 Å². The van der Waals surface area contributed by atoms with Crippen LogP contribution in [0.1, 0.15) is 13.8 Å². The lowest BCUT2D eigenvalue weighted by molar-refractivity contribution is 0.471. The summed E-state index contributed by atoms with van der Waals surface area (Å²) in [6, 6.07) is 5.78. The van der Waals surface area contributed by atoms with E-state index in [1.807, 2.05) is 18.2 Å². The van der Waals surface area contributed by atoms with Gasteiger partial charge in [-0.05, 0) is 48.6 Å². The van der Waals surface area contributed by atoms with Crippen molar-refractivity contribution in [1.29, 1.82) is 0 Å². The largest absolute Gasteiger partial charge is 0.507 e. The number of halogens is 1. The van der Waals surface area contributed by atoms with Gasteiger partial charge in [-0.25, -0.2) is 0 Å². The third kappa shape index (κ3) is 2.49. The van der Waals surface area contributed by atoms with Gasteiger partial charge in [0.2, 0.25) is 0 Å². The Hall–Kier alpha value is -0.450. The van der Waals surface area contributed by atoms with Gasteiger partial charge in [0.1, 0.15) is 5.75 Å². The molecule has 2 nitrogen and oxygen atoms in total. The van der Waals surface area contributed by atoms with Crippen LogP contribution in [-0.4, -0.2) is 18.2 Å². The molecule has 1 aromatic carbocycles. The minimum atomic E-state index is 0.366. The van der Waals surface area contributed by atoms with E-state index in [9.17, 15) is 5.11 Å². The molecular formula is C10H14INO. The number of phenolic OH excluding ortho intramolecular Hbond substituents is 1. The second-order valence-corrected chi connectivity index (χ2v) is 3.97. The summed E-state index contributed by atoms with van der Waals surface area (Å²) in [5.74, 6) is 0.366. The fraction of sp³-hybridized carbons (Fsp3) is 0.400. The smallest absolute Gasteiger partial charge is 0.130 e. The molecule has 0 aliphatic carbocycles. The van der Waals surface area contributed by atoms with Crippen LogP contribution in [0.15, 0.2) is 18.2 Å². The summed E-state index contributed by atoms with van der Waals surface area (Å²) in [7, 11) is 0. The summed E-state index contributed by atoms with van der Waals surface area (Å²) >= 11 is 2.12. The average molecular weight is 291 g/mol. The quantitative estimate of drug-likeness (QED) is 0.866. The van der Waals surface area contributed by atoms with Gasteiger partial charge < -0.3 is 10.0 Å². The third-order valence-electron chi connectivity index (χ3n) is 2.06. The van der Waals surface area contributed by atoms with E-state index >= 15 is 0 Å². The Bertz CT molecular complexity index is 284. The predicted octanol–water partition coefficient (Wildman–Crippen LogP) is 2.84. The zero-order valence-corrected chi connectivity index (χ0v) is 10.1. The van der Waals surface area contributed by atoms with Crippen molar-refractivity contribution in [3.8, 4) is 5.75 Å². The maximum absolute atomic E-state index is 9.51. The number of anilines is 1. The fourth-order valence-electron chi connectivity index (χ4n) is 1.29. The number of aromatic hydroxyl groups is 1. The van der Waals surface area contributed by atoms with Crippen molar-refractivity contribution in [2.75, 3.05) is 18.0 Å². The Balaban J connectivity index is 2.95. The molecule has 0 fully saturated rings. The first-order chi connectivity index (χ1) is 6.19. The van der Waals surface area contributed by atoms with E-state index < -0.39 is 0 Å². The Labute approximate surface area is 92.7 Å². The maximum Gasteiger partial charge on any atom is 0.130 e. The van der Waals surface area contributed by atoms with Crippen LogP contribution < -0.4 is 4.90 Å². The molecule has 72 valence electrons. The highest BCUT2D eigenvalue weighted by molar-refractivity contribution is 14.1. The molecule has 3 heteroatoms. The zero-order valence-electron chi connectivity index (χ0n) is 7.92. The number of hydrogen-bond acceptors (Lipinski definition) is 2. The Kier molecular flexibility index (Phi) is 3.84. The first-order valence-corrected chi connectivity index (χ1v) is 5.50. The second-order valence-electron chi connectivity index (χ2n) is 2.81. The Morgan fingerprint density at radius 2 is 1.92 bits per heavy atom. The lowest BCUT2D eigenvalue weighted by Crippen LogP contribution is -2.21. The molecule has 0 bridgehead atoms. The van der Waals surface area contributed by atoms with E-state index in [2.05, 4.69) is 41.3 Å². The maximum atomic E-state index is 9.51. The SMILES string of the molecule is CCN(CC)c1ccc(I)c(O)c1. The number of benzene rings is 1. The summed E-state index contributed by atoms with van der Waals surface area (Å²) < 4.78 is 0.897. The molecule has 1 N–H and O–H groups in total. The van der Waals surface area contributed by atoms with Crippen molar-refractivity contribution in [3.05, 3.63) is 21.8 Å². The lowest BCUT2D eigenvalue weighted by atomic mass is 10.2. The highest BCUT2D eigenvalue weighted by atomic mass is 127. The first-order valence-electron chi connectivity index (χ1n) is 4.42. The number of hydrogen-bond donors (Lipinski definition) is 1. The van der Waals surface area contributed by atoms with E-state index in [0.717, 1.165) is 22.3 Å². The van der Waals surface area contributed by atoms with Crippen molar-refractivity contribution >= 4 is 28.3 Å².